The molecule has 1 aliphatic rings. The molecule has 0 bridgehead atoms. The number of likely N-dealkylation sites (N-methyl/N-ethyl adjacent to an activating group) is 1. The van der Waals surface area contributed by atoms with Gasteiger partial charge in [0.05, 0.1) is 6.54 Å². The van der Waals surface area contributed by atoms with Crippen molar-refractivity contribution in [2.45, 2.75) is 13.8 Å². The summed E-state index contributed by atoms with van der Waals surface area (Å²) < 4.78 is 0. The highest BCUT2D eigenvalue weighted by molar-refractivity contribution is 5.78. The van der Waals surface area contributed by atoms with E-state index in [9.17, 15) is 4.79 Å². The molecule has 0 aromatic heterocycles. The van der Waals surface area contributed by atoms with Gasteiger partial charge in [0.25, 0.3) is 0 Å². The molecule has 1 heterocycles. The van der Waals surface area contributed by atoms with E-state index in [1.807, 2.05) is 6.07 Å². The van der Waals surface area contributed by atoms with Crippen LogP contribution in [0.25, 0.3) is 0 Å². The topological polar surface area (TPSA) is 38.8 Å². The number of nitrogens with one attached hydrogen (secondary N) is 1. The molecule has 2 aromatic rings. The van der Waals surface area contributed by atoms with Gasteiger partial charge >= 0.3 is 0 Å². The number of aryl methyl sites for hydroxylation is 1. The summed E-state index contributed by atoms with van der Waals surface area (Å²) in [7, 11) is 0. The number of nitrogens with zero attached hydrogens (tertiary/aromatic N) is 3. The van der Waals surface area contributed by atoms with Crippen LogP contribution in [-0.4, -0.2) is 63.2 Å². The first-order chi connectivity index (χ1) is 13.7. The molecule has 3 rings (SSSR count). The van der Waals surface area contributed by atoms with Crippen molar-refractivity contribution in [1.82, 2.24) is 10.2 Å². The van der Waals surface area contributed by atoms with Crippen LogP contribution in [0.1, 0.15) is 12.5 Å². The fourth-order valence-electron chi connectivity index (χ4n) is 3.69. The third-order valence-electron chi connectivity index (χ3n) is 5.31. The molecule has 0 atom stereocenters. The number of anilines is 2. The van der Waals surface area contributed by atoms with Crippen molar-refractivity contribution in [3.63, 3.8) is 0 Å². The highest BCUT2D eigenvalue weighted by Crippen LogP contribution is 2.16. The van der Waals surface area contributed by atoms with Gasteiger partial charge in [-0.05, 0) is 43.7 Å². The Balaban J connectivity index is 1.38. The van der Waals surface area contributed by atoms with Crippen LogP contribution in [0, 0.1) is 6.92 Å². The molecule has 1 aliphatic heterocycles. The summed E-state index contributed by atoms with van der Waals surface area (Å²) >= 11 is 0. The van der Waals surface area contributed by atoms with E-state index < -0.39 is 0 Å². The molecule has 5 nitrogen and oxygen atoms in total. The first kappa shape index (κ1) is 20.2. The molecule has 0 radical (unpaired) electrons. The quantitative estimate of drug-likeness (QED) is 0.764. The second kappa shape index (κ2) is 10.1. The zero-order chi connectivity index (χ0) is 19.8. The Morgan fingerprint density at radius 1 is 1.04 bits per heavy atom. The van der Waals surface area contributed by atoms with Crippen LogP contribution in [0.2, 0.25) is 0 Å². The predicted molar refractivity (Wildman–Crippen MR) is 117 cm³/mol. The highest BCUT2D eigenvalue weighted by atomic mass is 16.2. The summed E-state index contributed by atoms with van der Waals surface area (Å²) in [5.41, 5.74) is 3.74. The maximum Gasteiger partial charge on any atom is 0.234 e. The van der Waals surface area contributed by atoms with Gasteiger partial charge in [-0.15, -0.1) is 0 Å². The Morgan fingerprint density at radius 3 is 2.46 bits per heavy atom. The van der Waals surface area contributed by atoms with Gasteiger partial charge in [-0.1, -0.05) is 30.3 Å². The van der Waals surface area contributed by atoms with Gasteiger partial charge in [-0.25, -0.2) is 0 Å². The molecule has 28 heavy (non-hydrogen) atoms. The van der Waals surface area contributed by atoms with Crippen molar-refractivity contribution in [2.75, 3.05) is 62.2 Å². The fourth-order valence-corrected chi connectivity index (χ4v) is 3.69. The van der Waals surface area contributed by atoms with E-state index >= 15 is 0 Å². The third kappa shape index (κ3) is 5.73. The van der Waals surface area contributed by atoms with E-state index in [1.165, 1.54) is 16.9 Å². The van der Waals surface area contributed by atoms with Gasteiger partial charge in [0.1, 0.15) is 0 Å². The van der Waals surface area contributed by atoms with Crippen molar-refractivity contribution in [3.8, 4) is 0 Å². The van der Waals surface area contributed by atoms with Crippen LogP contribution in [0.4, 0.5) is 11.4 Å². The van der Waals surface area contributed by atoms with Crippen molar-refractivity contribution < 1.29 is 4.79 Å². The van der Waals surface area contributed by atoms with Crippen molar-refractivity contribution in [2.24, 2.45) is 0 Å². The van der Waals surface area contributed by atoms with E-state index in [0.717, 1.165) is 39.3 Å². The molecular formula is C23H32N4O. The number of piperazine rings is 1. The summed E-state index contributed by atoms with van der Waals surface area (Å²) in [5, 5.41) is 3.09. The average molecular weight is 381 g/mol. The predicted octanol–water partition coefficient (Wildman–Crippen LogP) is 2.76. The van der Waals surface area contributed by atoms with Gasteiger partial charge in [-0.2, -0.15) is 0 Å². The van der Waals surface area contributed by atoms with E-state index in [4.69, 9.17) is 0 Å². The largest absolute Gasteiger partial charge is 0.370 e. The molecule has 0 spiro atoms. The Morgan fingerprint density at radius 2 is 1.79 bits per heavy atom. The first-order valence-electron chi connectivity index (χ1n) is 10.3. The van der Waals surface area contributed by atoms with Gasteiger partial charge in [0.15, 0.2) is 0 Å². The fraction of sp³-hybridized carbons (Fsp3) is 0.435. The van der Waals surface area contributed by atoms with Crippen LogP contribution in [0.5, 0.6) is 0 Å². The average Bonchev–Trinajstić information content (AvgIpc) is 2.72. The van der Waals surface area contributed by atoms with Crippen LogP contribution in [0.15, 0.2) is 54.6 Å². The smallest absolute Gasteiger partial charge is 0.234 e. The standard InChI is InChI=1S/C23H32N4O/c1-3-26(22-11-7-8-20(2)18-22)13-12-24-23(28)19-25-14-16-27(17-15-25)21-9-5-4-6-10-21/h4-11,18H,3,12-17,19H2,1-2H3,(H,24,28). The lowest BCUT2D eigenvalue weighted by Crippen LogP contribution is -2.50. The molecule has 2 aromatic carbocycles. The lowest BCUT2D eigenvalue weighted by atomic mass is 10.2. The molecule has 0 unspecified atom stereocenters. The highest BCUT2D eigenvalue weighted by Gasteiger charge is 2.19. The van der Waals surface area contributed by atoms with E-state index in [1.54, 1.807) is 0 Å². The summed E-state index contributed by atoms with van der Waals surface area (Å²) in [6.07, 6.45) is 0. The molecule has 0 aliphatic carbocycles. The van der Waals surface area contributed by atoms with E-state index in [-0.39, 0.29) is 5.91 Å². The maximum atomic E-state index is 12.3. The van der Waals surface area contributed by atoms with Gasteiger partial charge < -0.3 is 15.1 Å². The van der Waals surface area contributed by atoms with Crippen LogP contribution in [-0.2, 0) is 4.79 Å². The molecule has 150 valence electrons. The minimum atomic E-state index is 0.119. The van der Waals surface area contributed by atoms with E-state index in [0.29, 0.717) is 13.1 Å². The zero-order valence-corrected chi connectivity index (χ0v) is 17.1. The zero-order valence-electron chi connectivity index (χ0n) is 17.1. The molecule has 1 amide bonds. The first-order valence-corrected chi connectivity index (χ1v) is 10.3. The lowest BCUT2D eigenvalue weighted by Gasteiger charge is -2.35. The Kier molecular flexibility index (Phi) is 7.31. The minimum absolute atomic E-state index is 0.119. The van der Waals surface area contributed by atoms with Crippen molar-refractivity contribution >= 4 is 17.3 Å². The molecule has 5 heteroatoms. The van der Waals surface area contributed by atoms with Crippen molar-refractivity contribution in [1.29, 1.82) is 0 Å². The third-order valence-corrected chi connectivity index (χ3v) is 5.31. The minimum Gasteiger partial charge on any atom is -0.370 e. The Hall–Kier alpha value is -2.53. The number of para-hydroxylation sites is 1. The van der Waals surface area contributed by atoms with E-state index in [2.05, 4.69) is 82.4 Å². The number of carbonyl (C=O) groups excluding carboxylic acids is 1. The molecule has 1 fully saturated rings. The normalized spacial score (nSPS) is 14.7. The Labute approximate surface area is 168 Å². The van der Waals surface area contributed by atoms with Gasteiger partial charge in [0.2, 0.25) is 5.91 Å². The van der Waals surface area contributed by atoms with Crippen molar-refractivity contribution in [3.05, 3.63) is 60.2 Å². The summed E-state index contributed by atoms with van der Waals surface area (Å²) in [6, 6.07) is 19.0. The lowest BCUT2D eigenvalue weighted by molar-refractivity contribution is -0.122. The number of hydrogen-bond donors (Lipinski definition) is 1. The molecule has 1 saturated heterocycles. The number of benzene rings is 2. The van der Waals surface area contributed by atoms with Gasteiger partial charge in [-0.3, -0.25) is 9.69 Å². The maximum absolute atomic E-state index is 12.3. The van der Waals surface area contributed by atoms with Crippen LogP contribution < -0.4 is 15.1 Å². The van der Waals surface area contributed by atoms with Gasteiger partial charge in [0, 0.05) is 57.2 Å². The second-order valence-corrected chi connectivity index (χ2v) is 7.37. The molecule has 1 N–H and O–H groups in total. The number of rotatable bonds is 8. The second-order valence-electron chi connectivity index (χ2n) is 7.37. The Bertz CT molecular complexity index is 741. The summed E-state index contributed by atoms with van der Waals surface area (Å²) in [4.78, 5) is 19.3. The SMILES string of the molecule is CCN(CCNC(=O)CN1CCN(c2ccccc2)CC1)c1cccc(C)c1. The monoisotopic (exact) mass is 380 g/mol. The number of carbonyl (C=O) groups is 1. The number of amides is 1. The van der Waals surface area contributed by atoms with Crippen LogP contribution >= 0.6 is 0 Å². The molecular weight excluding hydrogens is 348 g/mol. The summed E-state index contributed by atoms with van der Waals surface area (Å²) in [5.74, 6) is 0.119. The summed E-state index contributed by atoms with van der Waals surface area (Å²) in [6.45, 7) is 11.0. The van der Waals surface area contributed by atoms with Crippen LogP contribution in [0.3, 0.4) is 0 Å². The number of hydrogen-bond acceptors (Lipinski definition) is 4. The molecule has 0 saturated carbocycles.